The van der Waals surface area contributed by atoms with E-state index >= 15 is 0 Å². The topological polar surface area (TPSA) is 57.0 Å². The van der Waals surface area contributed by atoms with Crippen molar-refractivity contribution in [1.29, 1.82) is 0 Å². The van der Waals surface area contributed by atoms with E-state index in [1.807, 2.05) is 49.4 Å². The normalized spacial score (nSPS) is 22.5. The van der Waals surface area contributed by atoms with E-state index in [-0.39, 0.29) is 18.5 Å². The van der Waals surface area contributed by atoms with Gasteiger partial charge in [-0.25, -0.2) is 14.5 Å². The minimum Gasteiger partial charge on any atom is -0.459 e. The van der Waals surface area contributed by atoms with E-state index in [2.05, 4.69) is 26.0 Å². The third-order valence-corrected chi connectivity index (χ3v) is 5.04. The third kappa shape index (κ3) is 2.41. The fraction of sp³-hybridized carbons (Fsp3) is 0.278. The van der Waals surface area contributed by atoms with E-state index in [0.717, 1.165) is 15.6 Å². The summed E-state index contributed by atoms with van der Waals surface area (Å²) in [5.41, 5.74) is 0.926. The molecule has 0 radical (unpaired) electrons. The van der Waals surface area contributed by atoms with E-state index in [9.17, 15) is 4.79 Å². The number of esters is 1. The van der Waals surface area contributed by atoms with Crippen LogP contribution in [-0.2, 0) is 21.7 Å². The zero-order valence-corrected chi connectivity index (χ0v) is 14.7. The molecule has 0 unspecified atom stereocenters. The van der Waals surface area contributed by atoms with Gasteiger partial charge in [0.2, 0.25) is 0 Å². The molecule has 2 aromatic heterocycles. The molecule has 0 N–H and O–H groups in total. The van der Waals surface area contributed by atoms with Crippen molar-refractivity contribution in [1.82, 2.24) is 14.8 Å². The van der Waals surface area contributed by atoms with Gasteiger partial charge >= 0.3 is 5.97 Å². The first-order valence-electron chi connectivity index (χ1n) is 7.83. The number of nitrogens with zero attached hydrogens (tertiary/aromatic N) is 3. The summed E-state index contributed by atoms with van der Waals surface area (Å²) in [6, 6.07) is 13.5. The lowest BCUT2D eigenvalue weighted by Crippen LogP contribution is -2.32. The fourth-order valence-corrected chi connectivity index (χ4v) is 3.40. The number of carbonyl (C=O) groups is 1. The monoisotopic (exact) mass is 385 g/mol. The summed E-state index contributed by atoms with van der Waals surface area (Å²) in [6.45, 7) is 2.31. The maximum Gasteiger partial charge on any atom is 0.334 e. The Bertz CT molecular complexity index is 909. The molecular formula is C18H16BrN3O2. The molecule has 1 saturated carbocycles. The number of halogens is 1. The minimum absolute atomic E-state index is 0.171. The lowest BCUT2D eigenvalue weighted by atomic mass is 10.2. The Kier molecular flexibility index (Phi) is 3.64. The van der Waals surface area contributed by atoms with Gasteiger partial charge in [0.25, 0.3) is 0 Å². The quantitative estimate of drug-likeness (QED) is 0.507. The van der Waals surface area contributed by atoms with E-state index in [4.69, 9.17) is 4.74 Å². The number of hydrogen-bond donors (Lipinski definition) is 0. The van der Waals surface area contributed by atoms with Crippen molar-refractivity contribution in [2.75, 3.05) is 0 Å². The fourth-order valence-electron chi connectivity index (χ4n) is 3.10. The Morgan fingerprint density at radius 3 is 2.79 bits per heavy atom. The van der Waals surface area contributed by atoms with Crippen LogP contribution in [-0.4, -0.2) is 20.7 Å². The molecule has 4 rings (SSSR count). The summed E-state index contributed by atoms with van der Waals surface area (Å²) in [5.74, 6) is -0.0738. The van der Waals surface area contributed by atoms with Crippen molar-refractivity contribution in [2.45, 2.75) is 25.5 Å². The van der Waals surface area contributed by atoms with Crippen molar-refractivity contribution < 1.29 is 9.53 Å². The highest BCUT2D eigenvalue weighted by molar-refractivity contribution is 9.10. The van der Waals surface area contributed by atoms with Gasteiger partial charge in [0.1, 0.15) is 11.2 Å². The minimum atomic E-state index is -0.746. The Hall–Kier alpha value is -2.21. The largest absolute Gasteiger partial charge is 0.459 e. The van der Waals surface area contributed by atoms with Gasteiger partial charge in [0, 0.05) is 5.39 Å². The summed E-state index contributed by atoms with van der Waals surface area (Å²) in [5, 5.41) is 5.34. The molecule has 1 fully saturated rings. The molecule has 0 aliphatic heterocycles. The maximum absolute atomic E-state index is 12.8. The number of benzene rings is 1. The van der Waals surface area contributed by atoms with Crippen molar-refractivity contribution >= 4 is 32.9 Å². The Morgan fingerprint density at radius 2 is 2.08 bits per heavy atom. The average molecular weight is 386 g/mol. The van der Waals surface area contributed by atoms with E-state index in [0.29, 0.717) is 12.1 Å². The predicted octanol–water partition coefficient (Wildman–Crippen LogP) is 3.67. The lowest BCUT2D eigenvalue weighted by molar-refractivity contribution is -0.151. The van der Waals surface area contributed by atoms with Crippen molar-refractivity contribution in [2.24, 2.45) is 5.92 Å². The highest BCUT2D eigenvalue weighted by Crippen LogP contribution is 2.51. The first-order valence-corrected chi connectivity index (χ1v) is 8.62. The molecule has 0 bridgehead atoms. The van der Waals surface area contributed by atoms with Gasteiger partial charge in [-0.1, -0.05) is 37.3 Å². The van der Waals surface area contributed by atoms with Crippen LogP contribution >= 0.6 is 15.9 Å². The second-order valence-electron chi connectivity index (χ2n) is 6.19. The molecule has 1 aliphatic carbocycles. The summed E-state index contributed by atoms with van der Waals surface area (Å²) in [7, 11) is 0. The van der Waals surface area contributed by atoms with Gasteiger partial charge in [-0.3, -0.25) is 0 Å². The van der Waals surface area contributed by atoms with Crippen molar-refractivity contribution in [3.8, 4) is 0 Å². The standard InChI is InChI=1S/C18H16BrN3O2/c1-12-9-18(12,17(23)24-11-13-5-3-2-4-6-13)22-16-14(10-20-22)7-8-15(19)21-16/h2-8,10,12H,9,11H2,1H3/t12-,18-/m0/s1. The Balaban J connectivity index is 1.64. The predicted molar refractivity (Wildman–Crippen MR) is 93.2 cm³/mol. The molecule has 5 nitrogen and oxygen atoms in total. The van der Waals surface area contributed by atoms with Gasteiger partial charge < -0.3 is 4.74 Å². The summed E-state index contributed by atoms with van der Waals surface area (Å²) < 4.78 is 8.04. The molecule has 0 spiro atoms. The SMILES string of the molecule is C[C@H]1C[C@]1(C(=O)OCc1ccccc1)n1ncc2ccc(Br)nc21. The third-order valence-electron chi connectivity index (χ3n) is 4.60. The molecule has 0 saturated heterocycles. The second-order valence-corrected chi connectivity index (χ2v) is 7.01. The maximum atomic E-state index is 12.8. The Labute approximate surface area is 147 Å². The first kappa shape index (κ1) is 15.3. The summed E-state index contributed by atoms with van der Waals surface area (Å²) in [6.07, 6.45) is 2.46. The molecule has 122 valence electrons. The zero-order chi connectivity index (χ0) is 16.7. The molecule has 1 aromatic carbocycles. The molecule has 3 aromatic rings. The average Bonchev–Trinajstić information content (AvgIpc) is 3.10. The number of aromatic nitrogens is 3. The van der Waals surface area contributed by atoms with Gasteiger partial charge in [-0.15, -0.1) is 0 Å². The van der Waals surface area contributed by atoms with Crippen LogP contribution in [0.2, 0.25) is 0 Å². The summed E-state index contributed by atoms with van der Waals surface area (Å²) in [4.78, 5) is 17.3. The smallest absolute Gasteiger partial charge is 0.334 e. The molecule has 2 heterocycles. The van der Waals surface area contributed by atoms with Crippen LogP contribution < -0.4 is 0 Å². The van der Waals surface area contributed by atoms with E-state index in [1.165, 1.54) is 0 Å². The van der Waals surface area contributed by atoms with Crippen molar-refractivity contribution in [3.63, 3.8) is 0 Å². The van der Waals surface area contributed by atoms with Gasteiger partial charge in [0.05, 0.1) is 6.20 Å². The number of ether oxygens (including phenoxy) is 1. The van der Waals surface area contributed by atoms with Crippen molar-refractivity contribution in [3.05, 3.63) is 58.8 Å². The number of pyridine rings is 1. The molecule has 1 aliphatic rings. The highest BCUT2D eigenvalue weighted by atomic mass is 79.9. The second kappa shape index (κ2) is 5.70. The highest BCUT2D eigenvalue weighted by Gasteiger charge is 2.62. The van der Waals surface area contributed by atoms with Crippen LogP contribution in [0.3, 0.4) is 0 Å². The number of hydrogen-bond acceptors (Lipinski definition) is 4. The number of fused-ring (bicyclic) bond motifs is 1. The van der Waals surface area contributed by atoms with E-state index in [1.54, 1.807) is 10.9 Å². The zero-order valence-electron chi connectivity index (χ0n) is 13.1. The van der Waals surface area contributed by atoms with Gasteiger partial charge in [-0.2, -0.15) is 5.10 Å². The Morgan fingerprint density at radius 1 is 1.33 bits per heavy atom. The van der Waals surface area contributed by atoms with Crippen LogP contribution in [0.25, 0.3) is 11.0 Å². The molecule has 2 atom stereocenters. The van der Waals surface area contributed by atoms with Crippen LogP contribution in [0.5, 0.6) is 0 Å². The molecule has 0 amide bonds. The molecular weight excluding hydrogens is 370 g/mol. The van der Waals surface area contributed by atoms with Crippen LogP contribution in [0.1, 0.15) is 18.9 Å². The number of rotatable bonds is 4. The molecule has 24 heavy (non-hydrogen) atoms. The van der Waals surface area contributed by atoms with Crippen LogP contribution in [0.4, 0.5) is 0 Å². The van der Waals surface area contributed by atoms with Gasteiger partial charge in [-0.05, 0) is 46.0 Å². The lowest BCUT2D eigenvalue weighted by Gasteiger charge is -2.17. The van der Waals surface area contributed by atoms with E-state index < -0.39 is 5.54 Å². The first-order chi connectivity index (χ1) is 11.6. The van der Waals surface area contributed by atoms with Crippen LogP contribution in [0.15, 0.2) is 53.3 Å². The van der Waals surface area contributed by atoms with Gasteiger partial charge in [0.15, 0.2) is 11.2 Å². The van der Waals surface area contributed by atoms with Crippen LogP contribution in [0, 0.1) is 5.92 Å². The molecule has 6 heteroatoms. The number of carbonyl (C=O) groups excluding carboxylic acids is 1. The summed E-state index contributed by atoms with van der Waals surface area (Å²) >= 11 is 3.38.